The van der Waals surface area contributed by atoms with Crippen LogP contribution in [0.2, 0.25) is 0 Å². The lowest BCUT2D eigenvalue weighted by Crippen LogP contribution is -2.14. The van der Waals surface area contributed by atoms with Crippen molar-refractivity contribution in [2.24, 2.45) is 0 Å². The summed E-state index contributed by atoms with van der Waals surface area (Å²) in [7, 11) is -2.10. The maximum Gasteiger partial charge on any atom is 0.262 e. The molecule has 0 aliphatic rings. The van der Waals surface area contributed by atoms with Gasteiger partial charge in [-0.3, -0.25) is 4.72 Å². The van der Waals surface area contributed by atoms with Gasteiger partial charge in [-0.15, -0.1) is 6.58 Å². The van der Waals surface area contributed by atoms with E-state index in [-0.39, 0.29) is 4.90 Å². The quantitative estimate of drug-likeness (QED) is 0.750. The first-order chi connectivity index (χ1) is 11.4. The Balaban J connectivity index is 2.25. The average Bonchev–Trinajstić information content (AvgIpc) is 2.55. The molecule has 0 radical (unpaired) electrons. The van der Waals surface area contributed by atoms with Crippen molar-refractivity contribution in [3.05, 3.63) is 60.2 Å². The maximum absolute atomic E-state index is 12.7. The van der Waals surface area contributed by atoms with Crippen molar-refractivity contribution in [2.75, 3.05) is 23.7 Å². The predicted octanol–water partition coefficient (Wildman–Crippen LogP) is 3.71. The highest BCUT2D eigenvalue weighted by Crippen LogP contribution is 2.27. The van der Waals surface area contributed by atoms with Crippen LogP contribution in [0, 0.1) is 13.8 Å². The molecule has 0 unspecified atom stereocenters. The van der Waals surface area contributed by atoms with Crippen LogP contribution in [0.4, 0.5) is 11.4 Å². The molecule has 5 nitrogen and oxygen atoms in total. The van der Waals surface area contributed by atoms with E-state index in [0.29, 0.717) is 23.5 Å². The summed E-state index contributed by atoms with van der Waals surface area (Å²) in [5, 5.41) is 3.14. The van der Waals surface area contributed by atoms with Gasteiger partial charge in [-0.05, 0) is 61.4 Å². The molecule has 0 aliphatic heterocycles. The highest BCUT2D eigenvalue weighted by atomic mass is 32.2. The van der Waals surface area contributed by atoms with Crippen molar-refractivity contribution in [3.8, 4) is 5.75 Å². The molecule has 0 saturated carbocycles. The smallest absolute Gasteiger partial charge is 0.262 e. The van der Waals surface area contributed by atoms with Crippen molar-refractivity contribution in [1.29, 1.82) is 0 Å². The second kappa shape index (κ2) is 7.40. The zero-order chi connectivity index (χ0) is 17.7. The van der Waals surface area contributed by atoms with E-state index < -0.39 is 10.0 Å². The lowest BCUT2D eigenvalue weighted by atomic mass is 10.1. The minimum Gasteiger partial charge on any atom is -0.496 e. The molecule has 2 aromatic carbocycles. The molecule has 0 fully saturated rings. The molecule has 2 rings (SSSR count). The van der Waals surface area contributed by atoms with Crippen LogP contribution in [0.3, 0.4) is 0 Å². The van der Waals surface area contributed by atoms with Crippen molar-refractivity contribution >= 4 is 21.4 Å². The monoisotopic (exact) mass is 346 g/mol. The van der Waals surface area contributed by atoms with Crippen LogP contribution in [-0.2, 0) is 10.0 Å². The lowest BCUT2D eigenvalue weighted by molar-refractivity contribution is 0.411. The third kappa shape index (κ3) is 4.08. The first-order valence-corrected chi connectivity index (χ1v) is 8.98. The molecule has 0 spiro atoms. The average molecular weight is 346 g/mol. The van der Waals surface area contributed by atoms with Crippen LogP contribution in [0.15, 0.2) is 53.9 Å². The van der Waals surface area contributed by atoms with Gasteiger partial charge in [0.1, 0.15) is 5.75 Å². The molecular formula is C18H22N2O3S. The Labute approximate surface area is 143 Å². The van der Waals surface area contributed by atoms with E-state index in [4.69, 9.17) is 4.74 Å². The summed E-state index contributed by atoms with van der Waals surface area (Å²) in [5.41, 5.74) is 2.81. The first-order valence-electron chi connectivity index (χ1n) is 7.50. The normalized spacial score (nSPS) is 11.0. The largest absolute Gasteiger partial charge is 0.496 e. The fourth-order valence-corrected chi connectivity index (χ4v) is 3.70. The second-order valence-electron chi connectivity index (χ2n) is 5.44. The first kappa shape index (κ1) is 17.9. The molecule has 0 saturated heterocycles. The molecule has 6 heteroatoms. The number of methoxy groups -OCH3 is 1. The molecular weight excluding hydrogens is 324 g/mol. The van der Waals surface area contributed by atoms with Crippen LogP contribution >= 0.6 is 0 Å². The predicted molar refractivity (Wildman–Crippen MR) is 98.4 cm³/mol. The van der Waals surface area contributed by atoms with Gasteiger partial charge in [0.25, 0.3) is 10.0 Å². The summed E-state index contributed by atoms with van der Waals surface area (Å²) >= 11 is 0. The van der Waals surface area contributed by atoms with Gasteiger partial charge in [-0.25, -0.2) is 8.42 Å². The number of rotatable bonds is 7. The zero-order valence-electron chi connectivity index (χ0n) is 14.1. The van der Waals surface area contributed by atoms with Gasteiger partial charge < -0.3 is 10.1 Å². The van der Waals surface area contributed by atoms with Crippen LogP contribution < -0.4 is 14.8 Å². The Morgan fingerprint density at radius 2 is 1.71 bits per heavy atom. The summed E-state index contributed by atoms with van der Waals surface area (Å²) < 4.78 is 33.1. The van der Waals surface area contributed by atoms with Crippen LogP contribution in [0.25, 0.3) is 0 Å². The number of anilines is 2. The highest BCUT2D eigenvalue weighted by Gasteiger charge is 2.19. The van der Waals surface area contributed by atoms with Gasteiger partial charge in [0.05, 0.1) is 12.0 Å². The highest BCUT2D eigenvalue weighted by molar-refractivity contribution is 7.92. The van der Waals surface area contributed by atoms with E-state index in [0.717, 1.165) is 11.3 Å². The number of ether oxygens (including phenoxy) is 1. The van der Waals surface area contributed by atoms with Crippen molar-refractivity contribution in [2.45, 2.75) is 18.7 Å². The van der Waals surface area contributed by atoms with Gasteiger partial charge in [0.15, 0.2) is 0 Å². The van der Waals surface area contributed by atoms with Gasteiger partial charge in [0.2, 0.25) is 0 Å². The molecule has 0 amide bonds. The second-order valence-corrected chi connectivity index (χ2v) is 7.09. The SMILES string of the molecule is C=CCNc1ccc(NS(=O)(=O)c2cc(C)c(OC)cc2C)cc1. The summed E-state index contributed by atoms with van der Waals surface area (Å²) in [6.45, 7) is 7.85. The van der Waals surface area contributed by atoms with E-state index in [1.54, 1.807) is 44.4 Å². The maximum atomic E-state index is 12.7. The van der Waals surface area contributed by atoms with Gasteiger partial charge in [0, 0.05) is 17.9 Å². The Morgan fingerprint density at radius 3 is 2.29 bits per heavy atom. The molecule has 2 N–H and O–H groups in total. The van der Waals surface area contributed by atoms with E-state index >= 15 is 0 Å². The number of aryl methyl sites for hydroxylation is 2. The Bertz CT molecular complexity index is 828. The van der Waals surface area contributed by atoms with E-state index in [2.05, 4.69) is 16.6 Å². The van der Waals surface area contributed by atoms with Crippen molar-refractivity contribution < 1.29 is 13.2 Å². The Hall–Kier alpha value is -2.47. The summed E-state index contributed by atoms with van der Waals surface area (Å²) in [5.74, 6) is 0.670. The summed E-state index contributed by atoms with van der Waals surface area (Å²) in [6, 6.07) is 10.4. The molecule has 128 valence electrons. The zero-order valence-corrected chi connectivity index (χ0v) is 14.9. The Kier molecular flexibility index (Phi) is 5.51. The van der Waals surface area contributed by atoms with Gasteiger partial charge in [-0.1, -0.05) is 6.08 Å². The van der Waals surface area contributed by atoms with Crippen LogP contribution in [0.5, 0.6) is 5.75 Å². The third-order valence-corrected chi connectivity index (χ3v) is 5.09. The number of benzene rings is 2. The van der Waals surface area contributed by atoms with Gasteiger partial charge >= 0.3 is 0 Å². The van der Waals surface area contributed by atoms with Gasteiger partial charge in [-0.2, -0.15) is 0 Å². The lowest BCUT2D eigenvalue weighted by Gasteiger charge is -2.14. The fraction of sp³-hybridized carbons (Fsp3) is 0.222. The summed E-state index contributed by atoms with van der Waals surface area (Å²) in [6.07, 6.45) is 1.76. The molecule has 0 bridgehead atoms. The molecule has 0 heterocycles. The molecule has 0 atom stereocenters. The minimum atomic E-state index is -3.66. The molecule has 0 aromatic heterocycles. The number of nitrogens with one attached hydrogen (secondary N) is 2. The van der Waals surface area contributed by atoms with Crippen LogP contribution in [0.1, 0.15) is 11.1 Å². The van der Waals surface area contributed by atoms with E-state index in [9.17, 15) is 8.42 Å². The minimum absolute atomic E-state index is 0.245. The standard InChI is InChI=1S/C18H22N2O3S/c1-5-10-19-15-6-8-16(9-7-15)20-24(21,22)18-12-13(2)17(23-4)11-14(18)3/h5-9,11-12,19-20H,1,10H2,2-4H3. The molecule has 2 aromatic rings. The molecule has 0 aliphatic carbocycles. The van der Waals surface area contributed by atoms with Crippen molar-refractivity contribution in [3.63, 3.8) is 0 Å². The number of hydrogen-bond acceptors (Lipinski definition) is 4. The molecule has 24 heavy (non-hydrogen) atoms. The number of sulfonamides is 1. The van der Waals surface area contributed by atoms with E-state index in [1.807, 2.05) is 19.1 Å². The topological polar surface area (TPSA) is 67.4 Å². The third-order valence-electron chi connectivity index (χ3n) is 3.57. The van der Waals surface area contributed by atoms with Crippen molar-refractivity contribution in [1.82, 2.24) is 0 Å². The fourth-order valence-electron chi connectivity index (χ4n) is 2.33. The Morgan fingerprint density at radius 1 is 1.08 bits per heavy atom. The number of hydrogen-bond donors (Lipinski definition) is 2. The van der Waals surface area contributed by atoms with E-state index in [1.165, 1.54) is 0 Å². The van der Waals surface area contributed by atoms with Crippen LogP contribution in [-0.4, -0.2) is 22.1 Å². The summed E-state index contributed by atoms with van der Waals surface area (Å²) in [4.78, 5) is 0.245.